The Kier molecular flexibility index (Phi) is 4.49. The highest BCUT2D eigenvalue weighted by molar-refractivity contribution is 9.10. The average molecular weight is 310 g/mol. The molecule has 0 spiro atoms. The highest BCUT2D eigenvalue weighted by Gasteiger charge is 2.09. The zero-order valence-corrected chi connectivity index (χ0v) is 12.1. The van der Waals surface area contributed by atoms with E-state index in [0.29, 0.717) is 24.3 Å². The third-order valence-electron chi connectivity index (χ3n) is 2.77. The lowest BCUT2D eigenvalue weighted by Crippen LogP contribution is -2.24. The van der Waals surface area contributed by atoms with Crippen LogP contribution in [0.5, 0.6) is 0 Å². The molecule has 5 heteroatoms. The van der Waals surface area contributed by atoms with Crippen LogP contribution in [0.3, 0.4) is 0 Å². The summed E-state index contributed by atoms with van der Waals surface area (Å²) in [7, 11) is 0. The predicted molar refractivity (Wildman–Crippen MR) is 74.0 cm³/mol. The van der Waals surface area contributed by atoms with Gasteiger partial charge in [0.15, 0.2) is 0 Å². The molecule has 1 aromatic heterocycles. The van der Waals surface area contributed by atoms with Gasteiger partial charge in [-0.1, -0.05) is 40.1 Å². The number of benzene rings is 1. The average Bonchev–Trinajstić information content (AvgIpc) is 2.84. The summed E-state index contributed by atoms with van der Waals surface area (Å²) in [6.07, 6.45) is 1.08. The van der Waals surface area contributed by atoms with E-state index < -0.39 is 0 Å². The van der Waals surface area contributed by atoms with Gasteiger partial charge in [0, 0.05) is 16.1 Å². The molecule has 1 atom stereocenters. The maximum absolute atomic E-state index is 5.21. The molecule has 1 heterocycles. The quantitative estimate of drug-likeness (QED) is 0.920. The Hall–Kier alpha value is -1.20. The van der Waals surface area contributed by atoms with Gasteiger partial charge in [-0.2, -0.15) is 4.98 Å². The second-order valence-electron chi connectivity index (χ2n) is 4.21. The number of halogens is 1. The molecule has 0 bridgehead atoms. The van der Waals surface area contributed by atoms with Crippen LogP contribution in [0, 0.1) is 0 Å². The Bertz CT molecular complexity index is 512. The Balaban J connectivity index is 2.06. The minimum atomic E-state index is 0.450. The second kappa shape index (κ2) is 6.11. The van der Waals surface area contributed by atoms with Gasteiger partial charge in [-0.05, 0) is 25.5 Å². The van der Waals surface area contributed by atoms with Gasteiger partial charge in [0.2, 0.25) is 11.7 Å². The fourth-order valence-electron chi connectivity index (χ4n) is 1.48. The van der Waals surface area contributed by atoms with Crippen molar-refractivity contribution in [3.63, 3.8) is 0 Å². The summed E-state index contributed by atoms with van der Waals surface area (Å²) in [5.41, 5.74) is 0.947. The van der Waals surface area contributed by atoms with Crippen LogP contribution in [0.4, 0.5) is 0 Å². The first kappa shape index (κ1) is 13.2. The summed E-state index contributed by atoms with van der Waals surface area (Å²) in [5.74, 6) is 1.24. The third kappa shape index (κ3) is 3.40. The second-order valence-corrected chi connectivity index (χ2v) is 5.13. The Morgan fingerprint density at radius 1 is 1.44 bits per heavy atom. The molecule has 1 aromatic carbocycles. The maximum atomic E-state index is 5.21. The largest absolute Gasteiger partial charge is 0.338 e. The summed E-state index contributed by atoms with van der Waals surface area (Å²) >= 11 is 3.43. The Morgan fingerprint density at radius 2 is 2.28 bits per heavy atom. The maximum Gasteiger partial charge on any atom is 0.240 e. The zero-order valence-electron chi connectivity index (χ0n) is 10.5. The number of nitrogens with one attached hydrogen (secondary N) is 1. The van der Waals surface area contributed by atoms with Crippen molar-refractivity contribution < 1.29 is 4.52 Å². The molecule has 2 rings (SSSR count). The van der Waals surface area contributed by atoms with Crippen molar-refractivity contribution in [2.45, 2.75) is 32.9 Å². The number of nitrogens with zero attached hydrogens (tertiary/aromatic N) is 2. The highest BCUT2D eigenvalue weighted by atomic mass is 79.9. The number of hydrogen-bond donors (Lipinski definition) is 1. The van der Waals surface area contributed by atoms with Crippen molar-refractivity contribution in [3.05, 3.63) is 34.6 Å². The number of hydrogen-bond acceptors (Lipinski definition) is 4. The summed E-state index contributed by atoms with van der Waals surface area (Å²) in [5, 5.41) is 7.30. The van der Waals surface area contributed by atoms with E-state index in [9.17, 15) is 0 Å². The lowest BCUT2D eigenvalue weighted by Gasteiger charge is -2.07. The van der Waals surface area contributed by atoms with Gasteiger partial charge < -0.3 is 9.84 Å². The molecule has 96 valence electrons. The molecule has 0 radical (unpaired) electrons. The lowest BCUT2D eigenvalue weighted by molar-refractivity contribution is 0.358. The minimum Gasteiger partial charge on any atom is -0.338 e. The van der Waals surface area contributed by atoms with Gasteiger partial charge >= 0.3 is 0 Å². The molecule has 1 unspecified atom stereocenters. The highest BCUT2D eigenvalue weighted by Crippen LogP contribution is 2.20. The van der Waals surface area contributed by atoms with E-state index in [1.165, 1.54) is 0 Å². The van der Waals surface area contributed by atoms with Crippen molar-refractivity contribution >= 4 is 15.9 Å². The molecule has 18 heavy (non-hydrogen) atoms. The van der Waals surface area contributed by atoms with Crippen molar-refractivity contribution in [1.82, 2.24) is 15.5 Å². The molecule has 0 saturated carbocycles. The van der Waals surface area contributed by atoms with Crippen LogP contribution >= 0.6 is 15.9 Å². The van der Waals surface area contributed by atoms with E-state index in [1.54, 1.807) is 0 Å². The fourth-order valence-corrected chi connectivity index (χ4v) is 1.88. The summed E-state index contributed by atoms with van der Waals surface area (Å²) in [6.45, 7) is 4.88. The molecule has 1 N–H and O–H groups in total. The van der Waals surface area contributed by atoms with Crippen molar-refractivity contribution in [1.29, 1.82) is 0 Å². The van der Waals surface area contributed by atoms with Crippen molar-refractivity contribution in [2.75, 3.05) is 0 Å². The third-order valence-corrected chi connectivity index (χ3v) is 3.26. The molecule has 2 aromatic rings. The first-order chi connectivity index (χ1) is 8.69. The molecule has 4 nitrogen and oxygen atoms in total. The summed E-state index contributed by atoms with van der Waals surface area (Å²) < 4.78 is 6.22. The minimum absolute atomic E-state index is 0.450. The van der Waals surface area contributed by atoms with E-state index in [4.69, 9.17) is 4.52 Å². The van der Waals surface area contributed by atoms with Crippen LogP contribution in [0.15, 0.2) is 33.3 Å². The van der Waals surface area contributed by atoms with Crippen LogP contribution in [-0.2, 0) is 6.54 Å². The topological polar surface area (TPSA) is 51.0 Å². The number of aromatic nitrogens is 2. The van der Waals surface area contributed by atoms with Gasteiger partial charge in [0.1, 0.15) is 0 Å². The monoisotopic (exact) mass is 309 g/mol. The fraction of sp³-hybridized carbons (Fsp3) is 0.385. The van der Waals surface area contributed by atoms with Gasteiger partial charge in [0.05, 0.1) is 6.54 Å². The van der Waals surface area contributed by atoms with Crippen molar-refractivity contribution in [3.8, 4) is 11.4 Å². The van der Waals surface area contributed by atoms with Crippen LogP contribution in [0.2, 0.25) is 0 Å². The number of rotatable bonds is 5. The molecule has 0 aliphatic rings. The first-order valence-corrected chi connectivity index (χ1v) is 6.80. The molecule has 0 aliphatic carbocycles. The summed E-state index contributed by atoms with van der Waals surface area (Å²) in [6, 6.07) is 8.30. The van der Waals surface area contributed by atoms with Crippen molar-refractivity contribution in [2.24, 2.45) is 0 Å². The van der Waals surface area contributed by atoms with Gasteiger partial charge in [-0.25, -0.2) is 0 Å². The van der Waals surface area contributed by atoms with Gasteiger partial charge in [0.25, 0.3) is 0 Å². The van der Waals surface area contributed by atoms with Gasteiger partial charge in [-0.15, -0.1) is 0 Å². The van der Waals surface area contributed by atoms with Crippen LogP contribution in [0.1, 0.15) is 26.2 Å². The van der Waals surface area contributed by atoms with E-state index >= 15 is 0 Å². The standard InChI is InChI=1S/C13H16BrN3O/c1-3-9(2)15-8-12-16-13(17-18-12)10-5-4-6-11(14)7-10/h4-7,9,15H,3,8H2,1-2H3. The SMILES string of the molecule is CCC(C)NCc1nc(-c2cccc(Br)c2)no1. The molecular formula is C13H16BrN3O. The van der Waals surface area contributed by atoms with E-state index in [0.717, 1.165) is 16.5 Å². The lowest BCUT2D eigenvalue weighted by atomic mass is 10.2. The Labute approximate surface area is 115 Å². The van der Waals surface area contributed by atoms with E-state index in [2.05, 4.69) is 45.2 Å². The summed E-state index contributed by atoms with van der Waals surface area (Å²) in [4.78, 5) is 4.37. The van der Waals surface area contributed by atoms with Gasteiger partial charge in [-0.3, -0.25) is 0 Å². The molecule has 0 aliphatic heterocycles. The van der Waals surface area contributed by atoms with E-state index in [1.807, 2.05) is 24.3 Å². The van der Waals surface area contributed by atoms with Crippen LogP contribution in [0.25, 0.3) is 11.4 Å². The van der Waals surface area contributed by atoms with Crippen LogP contribution < -0.4 is 5.32 Å². The van der Waals surface area contributed by atoms with Crippen LogP contribution in [-0.4, -0.2) is 16.2 Å². The molecule has 0 fully saturated rings. The van der Waals surface area contributed by atoms with E-state index in [-0.39, 0.29) is 0 Å². The predicted octanol–water partition coefficient (Wildman–Crippen LogP) is 3.39. The first-order valence-electron chi connectivity index (χ1n) is 6.01. The normalized spacial score (nSPS) is 12.6. The smallest absolute Gasteiger partial charge is 0.240 e. The molecule has 0 amide bonds. The molecule has 0 saturated heterocycles. The molecular weight excluding hydrogens is 294 g/mol. The Morgan fingerprint density at radius 3 is 3.00 bits per heavy atom. The zero-order chi connectivity index (χ0) is 13.0.